The summed E-state index contributed by atoms with van der Waals surface area (Å²) in [6.45, 7) is 1.55. The summed E-state index contributed by atoms with van der Waals surface area (Å²) < 4.78 is 5.52. The third-order valence-corrected chi connectivity index (χ3v) is 3.84. The molecule has 0 bridgehead atoms. The summed E-state index contributed by atoms with van der Waals surface area (Å²) in [4.78, 5) is 4.37. The van der Waals surface area contributed by atoms with Gasteiger partial charge in [0.05, 0.1) is 12.6 Å². The van der Waals surface area contributed by atoms with E-state index in [0.717, 1.165) is 25.9 Å². The molecule has 2 aliphatic rings. The van der Waals surface area contributed by atoms with E-state index in [-0.39, 0.29) is 6.10 Å². The molecule has 3 unspecified atom stereocenters. The predicted molar refractivity (Wildman–Crippen MR) is 76.2 cm³/mol. The van der Waals surface area contributed by atoms with E-state index < -0.39 is 0 Å². The van der Waals surface area contributed by atoms with Gasteiger partial charge in [-0.05, 0) is 24.8 Å². The Balaban J connectivity index is 1.46. The van der Waals surface area contributed by atoms with Crippen LogP contribution in [0.2, 0.25) is 0 Å². The van der Waals surface area contributed by atoms with Crippen LogP contribution in [0, 0.1) is 0 Å². The molecule has 0 radical (unpaired) electrons. The predicted octanol–water partition coefficient (Wildman–Crippen LogP) is 1.63. The maximum Gasteiger partial charge on any atom is 0.188 e. The van der Waals surface area contributed by atoms with E-state index in [1.807, 2.05) is 6.07 Å². The van der Waals surface area contributed by atoms with E-state index in [9.17, 15) is 0 Å². The molecule has 3 rings (SSSR count). The van der Waals surface area contributed by atoms with Crippen molar-refractivity contribution in [2.45, 2.75) is 37.3 Å². The Morgan fingerprint density at radius 1 is 1.37 bits per heavy atom. The van der Waals surface area contributed by atoms with Crippen molar-refractivity contribution in [2.24, 2.45) is 10.7 Å². The minimum atomic E-state index is 0.268. The molecule has 3 atom stereocenters. The first-order valence-electron chi connectivity index (χ1n) is 7.06. The molecule has 4 nitrogen and oxygen atoms in total. The standard InChI is InChI=1S/C15H21N3O/c16-15(17-10-12-7-4-8-19-12)18-14-9-13(14)11-5-2-1-3-6-11/h1-3,5-6,12-14H,4,7-10H2,(H3,16,17,18). The van der Waals surface area contributed by atoms with Gasteiger partial charge < -0.3 is 15.8 Å². The van der Waals surface area contributed by atoms with Crippen LogP contribution in [0.15, 0.2) is 35.3 Å². The molecule has 2 fully saturated rings. The van der Waals surface area contributed by atoms with E-state index in [1.54, 1.807) is 0 Å². The smallest absolute Gasteiger partial charge is 0.188 e. The van der Waals surface area contributed by atoms with Gasteiger partial charge in [0.1, 0.15) is 0 Å². The van der Waals surface area contributed by atoms with Crippen molar-refractivity contribution in [3.05, 3.63) is 35.9 Å². The zero-order valence-electron chi connectivity index (χ0n) is 11.1. The topological polar surface area (TPSA) is 59.6 Å². The molecule has 0 amide bonds. The van der Waals surface area contributed by atoms with Gasteiger partial charge in [0.25, 0.3) is 0 Å². The Morgan fingerprint density at radius 3 is 2.95 bits per heavy atom. The highest BCUT2D eigenvalue weighted by Crippen LogP contribution is 2.40. The summed E-state index contributed by atoms with van der Waals surface area (Å²) in [6.07, 6.45) is 3.66. The summed E-state index contributed by atoms with van der Waals surface area (Å²) in [5, 5.41) is 3.30. The van der Waals surface area contributed by atoms with Crippen molar-refractivity contribution in [2.75, 3.05) is 13.2 Å². The Labute approximate surface area is 114 Å². The molecular formula is C15H21N3O. The minimum Gasteiger partial charge on any atom is -0.376 e. The second kappa shape index (κ2) is 5.61. The molecule has 102 valence electrons. The van der Waals surface area contributed by atoms with Gasteiger partial charge >= 0.3 is 0 Å². The van der Waals surface area contributed by atoms with Crippen molar-refractivity contribution < 1.29 is 4.74 Å². The summed E-state index contributed by atoms with van der Waals surface area (Å²) in [6, 6.07) is 11.0. The first kappa shape index (κ1) is 12.5. The van der Waals surface area contributed by atoms with Crippen LogP contribution < -0.4 is 11.1 Å². The molecule has 4 heteroatoms. The van der Waals surface area contributed by atoms with Gasteiger partial charge in [-0.25, -0.2) is 0 Å². The number of hydrogen-bond acceptors (Lipinski definition) is 2. The largest absolute Gasteiger partial charge is 0.376 e. The first-order valence-corrected chi connectivity index (χ1v) is 7.06. The highest BCUT2D eigenvalue weighted by atomic mass is 16.5. The Morgan fingerprint density at radius 2 is 2.21 bits per heavy atom. The van der Waals surface area contributed by atoms with Crippen molar-refractivity contribution in [3.8, 4) is 0 Å². The van der Waals surface area contributed by atoms with Crippen molar-refractivity contribution in [1.29, 1.82) is 0 Å². The normalized spacial score (nSPS) is 30.3. The van der Waals surface area contributed by atoms with Crippen LogP contribution in [-0.4, -0.2) is 31.3 Å². The number of nitrogens with two attached hydrogens (primary N) is 1. The first-order chi connectivity index (χ1) is 9.33. The van der Waals surface area contributed by atoms with E-state index in [4.69, 9.17) is 10.5 Å². The van der Waals surface area contributed by atoms with Crippen LogP contribution in [-0.2, 0) is 4.74 Å². The molecule has 0 spiro atoms. The molecule has 1 heterocycles. The van der Waals surface area contributed by atoms with Crippen LogP contribution >= 0.6 is 0 Å². The minimum absolute atomic E-state index is 0.268. The number of nitrogens with zero attached hydrogens (tertiary/aromatic N) is 1. The van der Waals surface area contributed by atoms with Crippen LogP contribution in [0.4, 0.5) is 0 Å². The number of rotatable bonds is 4. The van der Waals surface area contributed by atoms with Gasteiger partial charge in [-0.15, -0.1) is 0 Å². The lowest BCUT2D eigenvalue weighted by molar-refractivity contribution is 0.118. The second-order valence-electron chi connectivity index (χ2n) is 5.36. The number of hydrogen-bond donors (Lipinski definition) is 2. The number of ether oxygens (including phenoxy) is 1. The molecule has 0 aromatic heterocycles. The van der Waals surface area contributed by atoms with Gasteiger partial charge in [-0.1, -0.05) is 30.3 Å². The van der Waals surface area contributed by atoms with Gasteiger partial charge in [-0.3, -0.25) is 4.99 Å². The Hall–Kier alpha value is -1.55. The van der Waals surface area contributed by atoms with Gasteiger partial charge in [0, 0.05) is 18.6 Å². The lowest BCUT2D eigenvalue weighted by Crippen LogP contribution is -2.34. The fraction of sp³-hybridized carbons (Fsp3) is 0.533. The third-order valence-electron chi connectivity index (χ3n) is 3.84. The van der Waals surface area contributed by atoms with Crippen LogP contribution in [0.1, 0.15) is 30.7 Å². The quantitative estimate of drug-likeness (QED) is 0.638. The maximum absolute atomic E-state index is 5.92. The zero-order valence-corrected chi connectivity index (χ0v) is 11.1. The summed E-state index contributed by atoms with van der Waals surface area (Å²) in [7, 11) is 0. The van der Waals surface area contributed by atoms with Gasteiger partial charge in [0.15, 0.2) is 5.96 Å². The van der Waals surface area contributed by atoms with Gasteiger partial charge in [0.2, 0.25) is 0 Å². The van der Waals surface area contributed by atoms with E-state index in [2.05, 4.69) is 34.6 Å². The molecular weight excluding hydrogens is 238 g/mol. The Kier molecular flexibility index (Phi) is 3.69. The molecule has 19 heavy (non-hydrogen) atoms. The molecule has 1 saturated carbocycles. The van der Waals surface area contributed by atoms with Crippen molar-refractivity contribution >= 4 is 5.96 Å². The van der Waals surface area contributed by atoms with Crippen LogP contribution in [0.3, 0.4) is 0 Å². The number of guanidine groups is 1. The van der Waals surface area contributed by atoms with Crippen LogP contribution in [0.25, 0.3) is 0 Å². The van der Waals surface area contributed by atoms with Gasteiger partial charge in [-0.2, -0.15) is 0 Å². The lowest BCUT2D eigenvalue weighted by atomic mass is 10.1. The number of aliphatic imine (C=N–C) groups is 1. The van der Waals surface area contributed by atoms with Crippen molar-refractivity contribution in [1.82, 2.24) is 5.32 Å². The lowest BCUT2D eigenvalue weighted by Gasteiger charge is -2.08. The average molecular weight is 259 g/mol. The average Bonchev–Trinajstić information content (AvgIpc) is 3.00. The van der Waals surface area contributed by atoms with Crippen LogP contribution in [0.5, 0.6) is 0 Å². The maximum atomic E-state index is 5.92. The Bertz CT molecular complexity index is 440. The van der Waals surface area contributed by atoms with Crippen molar-refractivity contribution in [3.63, 3.8) is 0 Å². The molecule has 1 aromatic carbocycles. The summed E-state index contributed by atoms with van der Waals surface area (Å²) in [5.74, 6) is 1.14. The zero-order chi connectivity index (χ0) is 13.1. The number of benzene rings is 1. The highest BCUT2D eigenvalue weighted by molar-refractivity contribution is 5.78. The van der Waals surface area contributed by atoms with E-state index in [1.165, 1.54) is 5.56 Å². The fourth-order valence-corrected chi connectivity index (χ4v) is 2.65. The monoisotopic (exact) mass is 259 g/mol. The third kappa shape index (κ3) is 3.26. The van der Waals surface area contributed by atoms with E-state index in [0.29, 0.717) is 24.5 Å². The fourth-order valence-electron chi connectivity index (χ4n) is 2.65. The SMILES string of the molecule is NC(=NCC1CCCO1)NC1CC1c1ccccc1. The highest BCUT2D eigenvalue weighted by Gasteiger charge is 2.38. The van der Waals surface area contributed by atoms with E-state index >= 15 is 0 Å². The second-order valence-corrected chi connectivity index (χ2v) is 5.36. The molecule has 1 saturated heterocycles. The number of nitrogens with one attached hydrogen (secondary N) is 1. The molecule has 1 aliphatic carbocycles. The molecule has 3 N–H and O–H groups in total. The molecule has 1 aliphatic heterocycles. The summed E-state index contributed by atoms with van der Waals surface area (Å²) in [5.41, 5.74) is 7.30. The summed E-state index contributed by atoms with van der Waals surface area (Å²) >= 11 is 0. The molecule has 1 aromatic rings.